The summed E-state index contributed by atoms with van der Waals surface area (Å²) in [5.41, 5.74) is 16.2. The first-order chi connectivity index (χ1) is 25.2. The van der Waals surface area contributed by atoms with E-state index in [1.165, 1.54) is 77.2 Å². The molecule has 0 atom stereocenters. The van der Waals surface area contributed by atoms with Crippen molar-refractivity contribution in [3.8, 4) is 39.1 Å². The first kappa shape index (κ1) is 28.6. The monoisotopic (exact) mass is 650 g/mol. The van der Waals surface area contributed by atoms with Gasteiger partial charge in [0.05, 0.1) is 16.4 Å². The molecule has 0 saturated carbocycles. The first-order valence-electron chi connectivity index (χ1n) is 18.1. The van der Waals surface area contributed by atoms with E-state index in [-0.39, 0.29) is 0 Å². The van der Waals surface area contributed by atoms with Crippen molar-refractivity contribution in [1.29, 1.82) is 0 Å². The summed E-state index contributed by atoms with van der Waals surface area (Å²) in [6, 6.07) is 61.2. The van der Waals surface area contributed by atoms with Crippen molar-refractivity contribution in [2.24, 2.45) is 0 Å². The van der Waals surface area contributed by atoms with Crippen LogP contribution in [0.3, 0.4) is 0 Å². The maximum atomic E-state index is 5.02. The van der Waals surface area contributed by atoms with Crippen molar-refractivity contribution in [2.75, 3.05) is 0 Å². The zero-order valence-corrected chi connectivity index (χ0v) is 28.4. The van der Waals surface area contributed by atoms with Crippen molar-refractivity contribution >= 4 is 32.6 Å². The SMILES string of the molecule is CCCc1nc2ccccc2n1-c1cccc(-c2ccc3cc4c(cc3c2)C2(c3ccccc3-c3ccccc32)c2c-4ccc3ccccc23)c1. The Balaban J connectivity index is 1.15. The fourth-order valence-electron chi connectivity index (χ4n) is 9.42. The summed E-state index contributed by atoms with van der Waals surface area (Å²) in [6.07, 6.45) is 1.99. The van der Waals surface area contributed by atoms with Gasteiger partial charge in [-0.15, -0.1) is 0 Å². The summed E-state index contributed by atoms with van der Waals surface area (Å²) in [7, 11) is 0. The third kappa shape index (κ3) is 3.85. The highest BCUT2D eigenvalue weighted by atomic mass is 15.1. The number of hydrogen-bond acceptors (Lipinski definition) is 1. The number of rotatable bonds is 4. The molecule has 0 bridgehead atoms. The van der Waals surface area contributed by atoms with E-state index in [0.717, 1.165) is 35.4 Å². The molecule has 1 heterocycles. The highest BCUT2D eigenvalue weighted by molar-refractivity contribution is 6.06. The third-order valence-corrected chi connectivity index (χ3v) is 11.5. The third-order valence-electron chi connectivity index (χ3n) is 11.5. The van der Waals surface area contributed by atoms with Crippen molar-refractivity contribution in [1.82, 2.24) is 9.55 Å². The van der Waals surface area contributed by atoms with Gasteiger partial charge in [-0.05, 0) is 126 Å². The van der Waals surface area contributed by atoms with Crippen LogP contribution >= 0.6 is 0 Å². The lowest BCUT2D eigenvalue weighted by Crippen LogP contribution is -2.26. The highest BCUT2D eigenvalue weighted by Gasteiger charge is 2.52. The molecule has 2 aliphatic carbocycles. The van der Waals surface area contributed by atoms with E-state index in [9.17, 15) is 0 Å². The number of para-hydroxylation sites is 2. The molecule has 1 aromatic heterocycles. The molecule has 1 spiro atoms. The smallest absolute Gasteiger partial charge is 0.114 e. The maximum Gasteiger partial charge on any atom is 0.114 e. The molecule has 51 heavy (non-hydrogen) atoms. The number of nitrogens with zero attached hydrogens (tertiary/aromatic N) is 2. The molecule has 0 amide bonds. The zero-order chi connectivity index (χ0) is 33.7. The van der Waals surface area contributed by atoms with Crippen molar-refractivity contribution < 1.29 is 0 Å². The summed E-state index contributed by atoms with van der Waals surface area (Å²) in [5, 5.41) is 5.13. The normalized spacial score (nSPS) is 13.5. The lowest BCUT2D eigenvalue weighted by molar-refractivity contribution is 0.802. The minimum atomic E-state index is -0.402. The number of benzene rings is 8. The minimum Gasteiger partial charge on any atom is -0.296 e. The molecule has 2 aliphatic rings. The molecule has 9 aromatic rings. The van der Waals surface area contributed by atoms with Crippen LogP contribution in [0.4, 0.5) is 0 Å². The average Bonchev–Trinajstić information content (AvgIpc) is 3.80. The van der Waals surface area contributed by atoms with Crippen LogP contribution in [0.2, 0.25) is 0 Å². The number of aromatic nitrogens is 2. The quantitative estimate of drug-likeness (QED) is 0.185. The Bertz CT molecular complexity index is 2840. The van der Waals surface area contributed by atoms with Crippen LogP contribution in [0.1, 0.15) is 41.4 Å². The Kier molecular flexibility index (Phi) is 5.95. The molecule has 11 rings (SSSR count). The van der Waals surface area contributed by atoms with E-state index in [2.05, 4.69) is 175 Å². The van der Waals surface area contributed by atoms with Crippen molar-refractivity contribution in [3.05, 3.63) is 192 Å². The summed E-state index contributed by atoms with van der Waals surface area (Å²) in [5.74, 6) is 1.11. The standard InChI is InChI=1S/C49H34N2/c1-2-12-47-50-45-21-9-10-22-46(45)51(47)36-15-11-14-32(28-36)33-23-24-34-29-41-40-26-25-31-13-3-4-16-37(31)48(40)49(44(41)30-35(34)27-33)42-19-7-5-17-38(42)39-18-6-8-20-43(39)49/h3-11,13-30H,2,12H2,1H3. The topological polar surface area (TPSA) is 17.8 Å². The van der Waals surface area contributed by atoms with Crippen LogP contribution in [0, 0.1) is 0 Å². The number of hydrogen-bond donors (Lipinski definition) is 0. The molecule has 0 saturated heterocycles. The lowest BCUT2D eigenvalue weighted by atomic mass is 9.69. The van der Waals surface area contributed by atoms with Gasteiger partial charge >= 0.3 is 0 Å². The van der Waals surface area contributed by atoms with Crippen LogP contribution in [0.15, 0.2) is 164 Å². The van der Waals surface area contributed by atoms with Crippen LogP contribution in [-0.2, 0) is 11.8 Å². The molecule has 0 radical (unpaired) electrons. The van der Waals surface area contributed by atoms with Gasteiger partial charge in [0.2, 0.25) is 0 Å². The van der Waals surface area contributed by atoms with Crippen molar-refractivity contribution in [3.63, 3.8) is 0 Å². The fraction of sp³-hybridized carbons (Fsp3) is 0.0816. The fourth-order valence-corrected chi connectivity index (χ4v) is 9.42. The Morgan fingerprint density at radius 3 is 2.08 bits per heavy atom. The number of aryl methyl sites for hydroxylation is 1. The van der Waals surface area contributed by atoms with Gasteiger partial charge in [-0.1, -0.05) is 128 Å². The molecule has 0 fully saturated rings. The Hall–Kier alpha value is -6.25. The summed E-state index contributed by atoms with van der Waals surface area (Å²) in [4.78, 5) is 5.02. The molecule has 2 nitrogen and oxygen atoms in total. The van der Waals surface area contributed by atoms with E-state index in [1.54, 1.807) is 0 Å². The molecule has 240 valence electrons. The van der Waals surface area contributed by atoms with Gasteiger partial charge in [-0.2, -0.15) is 0 Å². The van der Waals surface area contributed by atoms with Crippen LogP contribution < -0.4 is 0 Å². The summed E-state index contributed by atoms with van der Waals surface area (Å²) in [6.45, 7) is 2.22. The predicted octanol–water partition coefficient (Wildman–Crippen LogP) is 12.3. The molecular formula is C49H34N2. The van der Waals surface area contributed by atoms with E-state index in [1.807, 2.05) is 0 Å². The molecule has 2 heteroatoms. The van der Waals surface area contributed by atoms with Gasteiger partial charge in [0.15, 0.2) is 0 Å². The molecule has 0 aliphatic heterocycles. The van der Waals surface area contributed by atoms with Gasteiger partial charge in [0, 0.05) is 12.1 Å². The van der Waals surface area contributed by atoms with E-state index >= 15 is 0 Å². The van der Waals surface area contributed by atoms with Gasteiger partial charge < -0.3 is 0 Å². The Morgan fingerprint density at radius 1 is 0.510 bits per heavy atom. The number of imidazole rings is 1. The van der Waals surface area contributed by atoms with Gasteiger partial charge in [0.1, 0.15) is 5.82 Å². The average molecular weight is 651 g/mol. The summed E-state index contributed by atoms with van der Waals surface area (Å²) >= 11 is 0. The predicted molar refractivity (Wildman–Crippen MR) is 212 cm³/mol. The number of fused-ring (bicyclic) bond motifs is 14. The highest BCUT2D eigenvalue weighted by Crippen LogP contribution is 2.64. The van der Waals surface area contributed by atoms with Gasteiger partial charge in [0.25, 0.3) is 0 Å². The second-order valence-corrected chi connectivity index (χ2v) is 14.2. The van der Waals surface area contributed by atoms with Crippen molar-refractivity contribution in [2.45, 2.75) is 25.2 Å². The lowest BCUT2D eigenvalue weighted by Gasteiger charge is -2.31. The first-order valence-corrected chi connectivity index (χ1v) is 18.1. The Morgan fingerprint density at radius 2 is 1.24 bits per heavy atom. The van der Waals surface area contributed by atoms with Crippen LogP contribution in [-0.4, -0.2) is 9.55 Å². The summed E-state index contributed by atoms with van der Waals surface area (Å²) < 4.78 is 2.34. The van der Waals surface area contributed by atoms with E-state index in [4.69, 9.17) is 4.98 Å². The largest absolute Gasteiger partial charge is 0.296 e. The van der Waals surface area contributed by atoms with Crippen LogP contribution in [0.5, 0.6) is 0 Å². The molecule has 8 aromatic carbocycles. The molecule has 0 N–H and O–H groups in total. The van der Waals surface area contributed by atoms with Gasteiger partial charge in [-0.25, -0.2) is 4.98 Å². The zero-order valence-electron chi connectivity index (χ0n) is 28.4. The minimum absolute atomic E-state index is 0.402. The Labute approximate surface area is 297 Å². The van der Waals surface area contributed by atoms with E-state index < -0.39 is 5.41 Å². The second-order valence-electron chi connectivity index (χ2n) is 14.2. The molecule has 0 unspecified atom stereocenters. The van der Waals surface area contributed by atoms with Crippen LogP contribution in [0.25, 0.3) is 71.6 Å². The second kappa shape index (κ2) is 10.6. The van der Waals surface area contributed by atoms with Gasteiger partial charge in [-0.3, -0.25) is 4.57 Å². The van der Waals surface area contributed by atoms with E-state index in [0.29, 0.717) is 0 Å². The maximum absolute atomic E-state index is 5.02. The molecular weight excluding hydrogens is 617 g/mol.